The molecule has 0 aromatic carbocycles. The maximum Gasteiger partial charge on any atom is 0.122 e. The molecule has 4 atom stereocenters. The fourth-order valence-electron chi connectivity index (χ4n) is 3.92. The van der Waals surface area contributed by atoms with E-state index in [0.717, 1.165) is 30.5 Å². The molecule has 0 radical (unpaired) electrons. The van der Waals surface area contributed by atoms with Crippen molar-refractivity contribution in [2.45, 2.75) is 46.5 Å². The molecule has 80 valence electrons. The van der Waals surface area contributed by atoms with Gasteiger partial charge in [-0.2, -0.15) is 0 Å². The molecule has 4 unspecified atom stereocenters. The van der Waals surface area contributed by atoms with Crippen LogP contribution in [0.1, 0.15) is 46.5 Å². The minimum Gasteiger partial charge on any atom is -0.303 e. The Morgan fingerprint density at radius 1 is 1.43 bits per heavy atom. The number of aldehydes is 1. The van der Waals surface area contributed by atoms with Gasteiger partial charge in [-0.1, -0.05) is 20.8 Å². The van der Waals surface area contributed by atoms with Crippen LogP contribution in [0.25, 0.3) is 0 Å². The first-order chi connectivity index (χ1) is 6.55. The number of hydrogen-bond donors (Lipinski definition) is 0. The van der Waals surface area contributed by atoms with E-state index >= 15 is 0 Å². The Morgan fingerprint density at radius 3 is 2.64 bits per heavy atom. The van der Waals surface area contributed by atoms with Crippen molar-refractivity contribution in [1.82, 2.24) is 0 Å². The van der Waals surface area contributed by atoms with Crippen molar-refractivity contribution < 1.29 is 4.79 Å². The summed E-state index contributed by atoms with van der Waals surface area (Å²) in [6, 6.07) is 0. The van der Waals surface area contributed by atoms with Crippen LogP contribution in [0.5, 0.6) is 0 Å². The van der Waals surface area contributed by atoms with Gasteiger partial charge >= 0.3 is 0 Å². The molecule has 0 amide bonds. The maximum absolute atomic E-state index is 10.7. The van der Waals surface area contributed by atoms with Gasteiger partial charge in [0.15, 0.2) is 0 Å². The molecule has 1 heteroatoms. The fraction of sp³-hybridized carbons (Fsp3) is 0.923. The Bertz CT molecular complexity index is 231. The fourth-order valence-corrected chi connectivity index (χ4v) is 3.92. The van der Waals surface area contributed by atoms with Gasteiger partial charge in [-0.15, -0.1) is 0 Å². The quantitative estimate of drug-likeness (QED) is 0.630. The zero-order chi connectivity index (χ0) is 10.3. The predicted molar refractivity (Wildman–Crippen MR) is 57.9 cm³/mol. The van der Waals surface area contributed by atoms with Crippen LogP contribution < -0.4 is 0 Å². The van der Waals surface area contributed by atoms with Crippen LogP contribution in [-0.2, 0) is 4.79 Å². The first-order valence-electron chi connectivity index (χ1n) is 6.01. The van der Waals surface area contributed by atoms with E-state index in [1.54, 1.807) is 0 Å². The minimum atomic E-state index is 0.263. The lowest BCUT2D eigenvalue weighted by Crippen LogP contribution is -2.32. The van der Waals surface area contributed by atoms with Gasteiger partial charge in [-0.25, -0.2) is 0 Å². The second-order valence-corrected chi connectivity index (χ2v) is 6.05. The summed E-state index contributed by atoms with van der Waals surface area (Å²) < 4.78 is 0. The highest BCUT2D eigenvalue weighted by Crippen LogP contribution is 2.60. The average Bonchev–Trinajstić information content (AvgIpc) is 2.68. The van der Waals surface area contributed by atoms with Crippen molar-refractivity contribution >= 4 is 6.29 Å². The van der Waals surface area contributed by atoms with Gasteiger partial charge in [0, 0.05) is 5.92 Å². The van der Waals surface area contributed by atoms with E-state index in [4.69, 9.17) is 0 Å². The summed E-state index contributed by atoms with van der Waals surface area (Å²) >= 11 is 0. The molecule has 0 saturated heterocycles. The van der Waals surface area contributed by atoms with Crippen molar-refractivity contribution in [1.29, 1.82) is 0 Å². The van der Waals surface area contributed by atoms with E-state index in [9.17, 15) is 4.79 Å². The first kappa shape index (κ1) is 10.2. The molecule has 2 aliphatic rings. The van der Waals surface area contributed by atoms with E-state index in [-0.39, 0.29) is 5.92 Å². The van der Waals surface area contributed by atoms with Crippen molar-refractivity contribution in [3.8, 4) is 0 Å². The average molecular weight is 194 g/mol. The van der Waals surface area contributed by atoms with Gasteiger partial charge in [0.1, 0.15) is 6.29 Å². The molecule has 2 aliphatic carbocycles. The zero-order valence-corrected chi connectivity index (χ0v) is 9.62. The molecule has 0 heterocycles. The molecular weight excluding hydrogens is 172 g/mol. The second-order valence-electron chi connectivity index (χ2n) is 6.05. The Labute approximate surface area is 87.3 Å². The largest absolute Gasteiger partial charge is 0.303 e. The molecule has 2 saturated carbocycles. The van der Waals surface area contributed by atoms with E-state index in [1.807, 2.05) is 0 Å². The van der Waals surface area contributed by atoms with Crippen LogP contribution in [-0.4, -0.2) is 6.29 Å². The van der Waals surface area contributed by atoms with Gasteiger partial charge < -0.3 is 4.79 Å². The monoisotopic (exact) mass is 194 g/mol. The summed E-state index contributed by atoms with van der Waals surface area (Å²) in [6.45, 7) is 6.90. The standard InChI is InChI=1S/C13H22O/c1-9(8-14)6-12-10-4-5-11(7-10)13(12,2)3/h8-12H,4-7H2,1-3H3. The molecule has 0 aromatic rings. The first-order valence-corrected chi connectivity index (χ1v) is 6.01. The third-order valence-corrected chi connectivity index (χ3v) is 4.91. The van der Waals surface area contributed by atoms with Crippen LogP contribution in [0, 0.1) is 29.1 Å². The second kappa shape index (κ2) is 3.36. The summed E-state index contributed by atoms with van der Waals surface area (Å²) in [4.78, 5) is 10.7. The predicted octanol–water partition coefficient (Wildman–Crippen LogP) is 3.28. The topological polar surface area (TPSA) is 17.1 Å². The van der Waals surface area contributed by atoms with Crippen LogP contribution in [0.15, 0.2) is 0 Å². The van der Waals surface area contributed by atoms with E-state index in [1.165, 1.54) is 19.3 Å². The highest BCUT2D eigenvalue weighted by molar-refractivity contribution is 5.52. The molecule has 0 aliphatic heterocycles. The SMILES string of the molecule is CC(C=O)CC1C2CCC(C2)C1(C)C. The molecule has 0 aromatic heterocycles. The van der Waals surface area contributed by atoms with Gasteiger partial charge in [0.25, 0.3) is 0 Å². The Kier molecular flexibility index (Phi) is 2.45. The minimum absolute atomic E-state index is 0.263. The Balaban J connectivity index is 2.07. The highest BCUT2D eigenvalue weighted by Gasteiger charge is 2.52. The summed E-state index contributed by atoms with van der Waals surface area (Å²) in [5, 5.41) is 0. The number of rotatable bonds is 3. The van der Waals surface area contributed by atoms with Crippen molar-refractivity contribution in [3.05, 3.63) is 0 Å². The van der Waals surface area contributed by atoms with Crippen LogP contribution >= 0.6 is 0 Å². The van der Waals surface area contributed by atoms with Gasteiger partial charge in [0.2, 0.25) is 0 Å². The molecule has 2 fully saturated rings. The summed E-state index contributed by atoms with van der Waals surface area (Å²) in [5.74, 6) is 2.94. The van der Waals surface area contributed by atoms with Gasteiger partial charge in [-0.05, 0) is 48.9 Å². The van der Waals surface area contributed by atoms with Gasteiger partial charge in [0.05, 0.1) is 0 Å². The van der Waals surface area contributed by atoms with E-state index in [2.05, 4.69) is 20.8 Å². The normalized spacial score (nSPS) is 41.2. The molecule has 2 rings (SSSR count). The molecular formula is C13H22O. The number of carbonyl (C=O) groups is 1. The van der Waals surface area contributed by atoms with E-state index in [0.29, 0.717) is 5.41 Å². The van der Waals surface area contributed by atoms with E-state index < -0.39 is 0 Å². The Hall–Kier alpha value is -0.330. The highest BCUT2D eigenvalue weighted by atomic mass is 16.1. The third-order valence-electron chi connectivity index (χ3n) is 4.91. The van der Waals surface area contributed by atoms with Gasteiger partial charge in [-0.3, -0.25) is 0 Å². The van der Waals surface area contributed by atoms with Crippen LogP contribution in [0.3, 0.4) is 0 Å². The maximum atomic E-state index is 10.7. The smallest absolute Gasteiger partial charge is 0.122 e. The molecule has 1 nitrogen and oxygen atoms in total. The molecule has 0 spiro atoms. The lowest BCUT2D eigenvalue weighted by atomic mass is 9.66. The summed E-state index contributed by atoms with van der Waals surface area (Å²) in [6.07, 6.45) is 6.54. The third kappa shape index (κ3) is 1.41. The zero-order valence-electron chi connectivity index (χ0n) is 9.62. The Morgan fingerprint density at radius 2 is 2.14 bits per heavy atom. The molecule has 0 N–H and O–H groups in total. The molecule has 14 heavy (non-hydrogen) atoms. The number of carbonyl (C=O) groups excluding carboxylic acids is 1. The summed E-state index contributed by atoms with van der Waals surface area (Å²) in [7, 11) is 0. The van der Waals surface area contributed by atoms with Crippen molar-refractivity contribution in [3.63, 3.8) is 0 Å². The van der Waals surface area contributed by atoms with Crippen LogP contribution in [0.2, 0.25) is 0 Å². The summed E-state index contributed by atoms with van der Waals surface area (Å²) in [5.41, 5.74) is 0.500. The number of hydrogen-bond acceptors (Lipinski definition) is 1. The van der Waals surface area contributed by atoms with Crippen molar-refractivity contribution in [2.75, 3.05) is 0 Å². The van der Waals surface area contributed by atoms with Crippen LogP contribution in [0.4, 0.5) is 0 Å². The lowest BCUT2D eigenvalue weighted by molar-refractivity contribution is -0.111. The molecule has 2 bridgehead atoms. The number of fused-ring (bicyclic) bond motifs is 2. The van der Waals surface area contributed by atoms with Crippen molar-refractivity contribution in [2.24, 2.45) is 29.1 Å². The lowest BCUT2D eigenvalue weighted by Gasteiger charge is -2.39.